The van der Waals surface area contributed by atoms with Crippen molar-refractivity contribution < 1.29 is 14.6 Å². The first-order valence-electron chi connectivity index (χ1n) is 6.97. The Morgan fingerprint density at radius 3 is 2.61 bits per heavy atom. The zero-order valence-corrected chi connectivity index (χ0v) is 11.5. The SMILES string of the molecule is CCNC(CCN1CCC(OCC)CC1)C(=O)O. The Morgan fingerprint density at radius 2 is 2.11 bits per heavy atom. The molecule has 0 radical (unpaired) electrons. The quantitative estimate of drug-likeness (QED) is 0.678. The summed E-state index contributed by atoms with van der Waals surface area (Å²) >= 11 is 0. The number of hydrogen-bond donors (Lipinski definition) is 2. The molecule has 0 saturated carbocycles. The van der Waals surface area contributed by atoms with E-state index in [9.17, 15) is 4.79 Å². The normalized spacial score (nSPS) is 19.9. The number of carboxylic acid groups (broad SMARTS) is 1. The molecule has 106 valence electrons. The Bertz CT molecular complexity index is 240. The van der Waals surface area contributed by atoms with Gasteiger partial charge in [0, 0.05) is 26.2 Å². The highest BCUT2D eigenvalue weighted by Crippen LogP contribution is 2.14. The maximum absolute atomic E-state index is 11.0. The summed E-state index contributed by atoms with van der Waals surface area (Å²) in [5.74, 6) is -0.749. The molecule has 1 unspecified atom stereocenters. The van der Waals surface area contributed by atoms with Crippen molar-refractivity contribution in [2.45, 2.75) is 45.3 Å². The molecule has 0 aromatic heterocycles. The molecule has 0 bridgehead atoms. The number of nitrogens with one attached hydrogen (secondary N) is 1. The Labute approximate surface area is 109 Å². The summed E-state index contributed by atoms with van der Waals surface area (Å²) in [6.45, 7) is 8.33. The van der Waals surface area contributed by atoms with E-state index in [4.69, 9.17) is 9.84 Å². The predicted octanol–water partition coefficient (Wildman–Crippen LogP) is 0.940. The summed E-state index contributed by atoms with van der Waals surface area (Å²) in [6.07, 6.45) is 3.19. The second-order valence-corrected chi connectivity index (χ2v) is 4.73. The average molecular weight is 258 g/mol. The summed E-state index contributed by atoms with van der Waals surface area (Å²) in [5.41, 5.74) is 0. The maximum atomic E-state index is 11.0. The van der Waals surface area contributed by atoms with Gasteiger partial charge in [-0.3, -0.25) is 4.79 Å². The highest BCUT2D eigenvalue weighted by molar-refractivity contribution is 5.73. The third-order valence-electron chi connectivity index (χ3n) is 3.42. The van der Waals surface area contributed by atoms with Crippen LogP contribution in [0.1, 0.15) is 33.1 Å². The lowest BCUT2D eigenvalue weighted by molar-refractivity contribution is -0.139. The molecule has 0 aromatic carbocycles. The molecule has 5 heteroatoms. The first-order valence-corrected chi connectivity index (χ1v) is 6.97. The van der Waals surface area contributed by atoms with E-state index in [2.05, 4.69) is 10.2 Å². The number of likely N-dealkylation sites (tertiary alicyclic amines) is 1. The summed E-state index contributed by atoms with van der Waals surface area (Å²) in [7, 11) is 0. The first kappa shape index (κ1) is 15.4. The number of carbonyl (C=O) groups is 1. The molecule has 1 heterocycles. The molecule has 2 N–H and O–H groups in total. The lowest BCUT2D eigenvalue weighted by atomic mass is 10.1. The lowest BCUT2D eigenvalue weighted by Crippen LogP contribution is -2.42. The van der Waals surface area contributed by atoms with Gasteiger partial charge in [-0.15, -0.1) is 0 Å². The van der Waals surface area contributed by atoms with Gasteiger partial charge in [0.25, 0.3) is 0 Å². The Hall–Kier alpha value is -0.650. The molecule has 0 aromatic rings. The minimum atomic E-state index is -0.749. The van der Waals surface area contributed by atoms with Crippen molar-refractivity contribution in [1.82, 2.24) is 10.2 Å². The van der Waals surface area contributed by atoms with Crippen LogP contribution in [-0.2, 0) is 9.53 Å². The molecule has 0 aliphatic carbocycles. The molecular formula is C13H26N2O3. The summed E-state index contributed by atoms with van der Waals surface area (Å²) < 4.78 is 5.60. The summed E-state index contributed by atoms with van der Waals surface area (Å²) in [5, 5.41) is 12.0. The summed E-state index contributed by atoms with van der Waals surface area (Å²) in [4.78, 5) is 13.3. The van der Waals surface area contributed by atoms with Gasteiger partial charge in [-0.2, -0.15) is 0 Å². The van der Waals surface area contributed by atoms with Crippen molar-refractivity contribution >= 4 is 5.97 Å². The van der Waals surface area contributed by atoms with Crippen molar-refractivity contribution in [3.05, 3.63) is 0 Å². The van der Waals surface area contributed by atoms with E-state index in [1.807, 2.05) is 13.8 Å². The van der Waals surface area contributed by atoms with E-state index < -0.39 is 12.0 Å². The fourth-order valence-electron chi connectivity index (χ4n) is 2.41. The van der Waals surface area contributed by atoms with Gasteiger partial charge in [0.1, 0.15) is 6.04 Å². The van der Waals surface area contributed by atoms with Crippen LogP contribution < -0.4 is 5.32 Å². The largest absolute Gasteiger partial charge is 0.480 e. The Kier molecular flexibility index (Phi) is 7.23. The molecule has 1 saturated heterocycles. The fourth-order valence-corrected chi connectivity index (χ4v) is 2.41. The minimum absolute atomic E-state index is 0.398. The van der Waals surface area contributed by atoms with Gasteiger partial charge >= 0.3 is 5.97 Å². The van der Waals surface area contributed by atoms with Gasteiger partial charge in [0.05, 0.1) is 6.10 Å². The van der Waals surface area contributed by atoms with E-state index in [0.29, 0.717) is 19.1 Å². The average Bonchev–Trinajstić information content (AvgIpc) is 2.36. The zero-order valence-electron chi connectivity index (χ0n) is 11.5. The van der Waals surface area contributed by atoms with Crippen LogP contribution in [0.4, 0.5) is 0 Å². The number of rotatable bonds is 8. The molecule has 0 amide bonds. The fraction of sp³-hybridized carbons (Fsp3) is 0.923. The van der Waals surface area contributed by atoms with E-state index in [1.165, 1.54) is 0 Å². The molecule has 1 aliphatic rings. The van der Waals surface area contributed by atoms with Gasteiger partial charge in [-0.05, 0) is 32.7 Å². The minimum Gasteiger partial charge on any atom is -0.480 e. The number of ether oxygens (including phenoxy) is 1. The van der Waals surface area contributed by atoms with Crippen molar-refractivity contribution in [2.24, 2.45) is 0 Å². The Balaban J connectivity index is 2.21. The van der Waals surface area contributed by atoms with Crippen molar-refractivity contribution in [3.8, 4) is 0 Å². The number of nitrogens with zero attached hydrogens (tertiary/aromatic N) is 1. The van der Waals surface area contributed by atoms with Crippen LogP contribution >= 0.6 is 0 Å². The number of likely N-dealkylation sites (N-methyl/N-ethyl adjacent to an activating group) is 1. The third-order valence-corrected chi connectivity index (χ3v) is 3.42. The van der Waals surface area contributed by atoms with E-state index >= 15 is 0 Å². The van der Waals surface area contributed by atoms with Gasteiger partial charge in [-0.25, -0.2) is 0 Å². The Morgan fingerprint density at radius 1 is 1.44 bits per heavy atom. The molecule has 0 spiro atoms. The smallest absolute Gasteiger partial charge is 0.320 e. The maximum Gasteiger partial charge on any atom is 0.320 e. The summed E-state index contributed by atoms with van der Waals surface area (Å²) in [6, 6.07) is -0.417. The molecule has 1 aliphatic heterocycles. The van der Waals surface area contributed by atoms with Crippen molar-refractivity contribution in [2.75, 3.05) is 32.8 Å². The van der Waals surface area contributed by atoms with Crippen LogP contribution in [-0.4, -0.2) is 60.9 Å². The second kappa shape index (κ2) is 8.45. The molecule has 18 heavy (non-hydrogen) atoms. The molecule has 1 rings (SSSR count). The monoisotopic (exact) mass is 258 g/mol. The second-order valence-electron chi connectivity index (χ2n) is 4.73. The predicted molar refractivity (Wildman–Crippen MR) is 70.8 cm³/mol. The highest BCUT2D eigenvalue weighted by Gasteiger charge is 2.21. The van der Waals surface area contributed by atoms with E-state index in [0.717, 1.165) is 39.1 Å². The molecule has 1 atom stereocenters. The highest BCUT2D eigenvalue weighted by atomic mass is 16.5. The van der Waals surface area contributed by atoms with Gasteiger partial charge < -0.3 is 20.1 Å². The number of hydrogen-bond acceptors (Lipinski definition) is 4. The number of carboxylic acids is 1. The van der Waals surface area contributed by atoms with Crippen LogP contribution in [0.2, 0.25) is 0 Å². The number of piperidine rings is 1. The van der Waals surface area contributed by atoms with Gasteiger partial charge in [-0.1, -0.05) is 6.92 Å². The number of aliphatic carboxylic acids is 1. The van der Waals surface area contributed by atoms with Crippen molar-refractivity contribution in [3.63, 3.8) is 0 Å². The third kappa shape index (κ3) is 5.33. The zero-order chi connectivity index (χ0) is 13.4. The van der Waals surface area contributed by atoms with Crippen molar-refractivity contribution in [1.29, 1.82) is 0 Å². The molecule has 5 nitrogen and oxygen atoms in total. The first-order chi connectivity index (χ1) is 8.67. The van der Waals surface area contributed by atoms with Crippen LogP contribution in [0.15, 0.2) is 0 Å². The molecule has 1 fully saturated rings. The van der Waals surface area contributed by atoms with E-state index in [1.54, 1.807) is 0 Å². The van der Waals surface area contributed by atoms with Gasteiger partial charge in [0.2, 0.25) is 0 Å². The molecular weight excluding hydrogens is 232 g/mol. The van der Waals surface area contributed by atoms with Gasteiger partial charge in [0.15, 0.2) is 0 Å². The van der Waals surface area contributed by atoms with E-state index in [-0.39, 0.29) is 0 Å². The topological polar surface area (TPSA) is 61.8 Å². The standard InChI is InChI=1S/C13H26N2O3/c1-3-14-12(13(16)17)7-10-15-8-5-11(6-9-15)18-4-2/h11-12,14H,3-10H2,1-2H3,(H,16,17). The van der Waals surface area contributed by atoms with Crippen LogP contribution in [0.25, 0.3) is 0 Å². The lowest BCUT2D eigenvalue weighted by Gasteiger charge is -2.32. The van der Waals surface area contributed by atoms with Crippen LogP contribution in [0, 0.1) is 0 Å². The van der Waals surface area contributed by atoms with Crippen LogP contribution in [0.3, 0.4) is 0 Å². The van der Waals surface area contributed by atoms with Crippen LogP contribution in [0.5, 0.6) is 0 Å².